The van der Waals surface area contributed by atoms with Crippen molar-refractivity contribution in [3.8, 4) is 0 Å². The van der Waals surface area contributed by atoms with Crippen molar-refractivity contribution in [3.05, 3.63) is 56.2 Å². The number of hydrogen-bond donors (Lipinski definition) is 3. The number of halogens is 3. The Hall–Kier alpha value is -2.49. The highest BCUT2D eigenvalue weighted by Gasteiger charge is 2.29. The van der Waals surface area contributed by atoms with Gasteiger partial charge in [0.15, 0.2) is 4.77 Å². The summed E-state index contributed by atoms with van der Waals surface area (Å²) in [7, 11) is 0. The van der Waals surface area contributed by atoms with Crippen molar-refractivity contribution in [1.82, 2.24) is 20.5 Å². The lowest BCUT2D eigenvalue weighted by Crippen LogP contribution is -2.25. The van der Waals surface area contributed by atoms with E-state index in [0.29, 0.717) is 5.56 Å². The van der Waals surface area contributed by atoms with Gasteiger partial charge >= 0.3 is 6.18 Å². The summed E-state index contributed by atoms with van der Waals surface area (Å²) < 4.78 is 37.4. The smallest absolute Gasteiger partial charge is 0.352 e. The zero-order valence-corrected chi connectivity index (χ0v) is 13.1. The maximum atomic E-state index is 12.4. The molecule has 0 unspecified atom stereocenters. The van der Waals surface area contributed by atoms with E-state index in [-0.39, 0.29) is 35.8 Å². The van der Waals surface area contributed by atoms with Crippen LogP contribution in [0.1, 0.15) is 23.2 Å². The van der Waals surface area contributed by atoms with Crippen LogP contribution in [0.3, 0.4) is 0 Å². The number of alkyl halides is 3. The highest BCUT2D eigenvalue weighted by atomic mass is 32.1. The number of aromatic nitrogens is 3. The predicted octanol–water partition coefficient (Wildman–Crippen LogP) is 2.10. The summed E-state index contributed by atoms with van der Waals surface area (Å²) in [5, 5.41) is 8.73. The summed E-state index contributed by atoms with van der Waals surface area (Å²) in [5.74, 6) is -0.349. The number of aromatic amines is 2. The molecule has 0 aliphatic rings. The number of carbonyl (C=O) groups excluding carboxylic acids is 1. The molecule has 24 heavy (non-hydrogen) atoms. The maximum Gasteiger partial charge on any atom is 0.416 e. The number of rotatable bonds is 5. The van der Waals surface area contributed by atoms with E-state index in [0.717, 1.165) is 12.1 Å². The zero-order valence-electron chi connectivity index (χ0n) is 12.2. The lowest BCUT2D eigenvalue weighted by molar-refractivity contribution is -0.137. The van der Waals surface area contributed by atoms with Crippen molar-refractivity contribution in [1.29, 1.82) is 0 Å². The van der Waals surface area contributed by atoms with E-state index < -0.39 is 17.3 Å². The molecule has 1 heterocycles. The summed E-state index contributed by atoms with van der Waals surface area (Å²) in [6, 6.07) is 4.51. The fourth-order valence-corrected chi connectivity index (χ4v) is 2.01. The molecule has 0 spiro atoms. The average molecular weight is 358 g/mol. The van der Waals surface area contributed by atoms with E-state index in [1.807, 2.05) is 0 Å². The van der Waals surface area contributed by atoms with Crippen LogP contribution in [0.25, 0.3) is 0 Å². The molecule has 1 amide bonds. The molecule has 2 rings (SSSR count). The molecule has 0 aliphatic heterocycles. The highest BCUT2D eigenvalue weighted by Crippen LogP contribution is 2.28. The first-order valence-corrected chi connectivity index (χ1v) is 7.27. The van der Waals surface area contributed by atoms with Crippen LogP contribution in [0.15, 0.2) is 29.1 Å². The Bertz CT molecular complexity index is 827. The fourth-order valence-electron chi connectivity index (χ4n) is 1.87. The molecular weight excluding hydrogens is 345 g/mol. The van der Waals surface area contributed by atoms with Crippen LogP contribution in [0, 0.1) is 4.77 Å². The van der Waals surface area contributed by atoms with Gasteiger partial charge in [-0.15, -0.1) is 0 Å². The monoisotopic (exact) mass is 358 g/mol. The second-order valence-electron chi connectivity index (χ2n) is 4.92. The number of carbonyl (C=O) groups is 1. The molecule has 6 nitrogen and oxygen atoms in total. The summed E-state index contributed by atoms with van der Waals surface area (Å²) in [5.41, 5.74) is -0.525. The molecule has 0 fully saturated rings. The SMILES string of the molecule is O=C(CCc1n[nH]c(=S)[nH]c1=O)NCc1ccc(C(F)(F)F)cc1. The topological polar surface area (TPSA) is 90.6 Å². The van der Waals surface area contributed by atoms with Gasteiger partial charge in [-0.05, 0) is 29.9 Å². The quantitative estimate of drug-likeness (QED) is 0.714. The Morgan fingerprint density at radius 1 is 1.25 bits per heavy atom. The highest BCUT2D eigenvalue weighted by molar-refractivity contribution is 7.71. The van der Waals surface area contributed by atoms with Gasteiger partial charge in [-0.3, -0.25) is 19.7 Å². The van der Waals surface area contributed by atoms with E-state index >= 15 is 0 Å². The zero-order chi connectivity index (χ0) is 17.7. The minimum absolute atomic E-state index is 0.0152. The normalized spacial score (nSPS) is 11.3. The number of hydrogen-bond acceptors (Lipinski definition) is 4. The molecule has 1 aromatic carbocycles. The van der Waals surface area contributed by atoms with Gasteiger partial charge in [0.1, 0.15) is 5.69 Å². The molecule has 3 N–H and O–H groups in total. The minimum Gasteiger partial charge on any atom is -0.352 e. The van der Waals surface area contributed by atoms with Gasteiger partial charge < -0.3 is 5.32 Å². The average Bonchev–Trinajstić information content (AvgIpc) is 2.51. The number of nitrogens with one attached hydrogen (secondary N) is 3. The van der Waals surface area contributed by atoms with Crippen LogP contribution >= 0.6 is 12.2 Å². The van der Waals surface area contributed by atoms with Crippen LogP contribution in [-0.2, 0) is 23.9 Å². The second kappa shape index (κ2) is 7.39. The van der Waals surface area contributed by atoms with Gasteiger partial charge in [0, 0.05) is 19.4 Å². The third-order valence-electron chi connectivity index (χ3n) is 3.14. The molecule has 1 aromatic heterocycles. The van der Waals surface area contributed by atoms with Gasteiger partial charge in [0.05, 0.1) is 5.56 Å². The molecule has 0 saturated carbocycles. The molecule has 0 bridgehead atoms. The summed E-state index contributed by atoms with van der Waals surface area (Å²) in [4.78, 5) is 25.6. The predicted molar refractivity (Wildman–Crippen MR) is 81.7 cm³/mol. The Balaban J connectivity index is 1.85. The van der Waals surface area contributed by atoms with Gasteiger partial charge in [0.2, 0.25) is 5.91 Å². The standard InChI is InChI=1S/C14H13F3N4O2S/c15-14(16,17)9-3-1-8(2-4-9)7-18-11(22)6-5-10-12(23)19-13(24)21-20-10/h1-4H,5-7H2,(H,18,22)(H2,19,21,23,24). The van der Waals surface area contributed by atoms with E-state index in [9.17, 15) is 22.8 Å². The number of benzene rings is 1. The Kier molecular flexibility index (Phi) is 5.50. The molecule has 128 valence electrons. The number of H-pyrrole nitrogens is 2. The second-order valence-corrected chi connectivity index (χ2v) is 5.33. The minimum atomic E-state index is -4.39. The summed E-state index contributed by atoms with van der Waals surface area (Å²) >= 11 is 4.70. The van der Waals surface area contributed by atoms with E-state index in [1.165, 1.54) is 12.1 Å². The van der Waals surface area contributed by atoms with Crippen molar-refractivity contribution >= 4 is 18.1 Å². The Morgan fingerprint density at radius 2 is 1.92 bits per heavy atom. The molecule has 10 heteroatoms. The third-order valence-corrected chi connectivity index (χ3v) is 3.33. The van der Waals surface area contributed by atoms with Crippen LogP contribution < -0.4 is 10.9 Å². The lowest BCUT2D eigenvalue weighted by Gasteiger charge is -2.08. The Morgan fingerprint density at radius 3 is 2.50 bits per heavy atom. The Labute approximate surface area is 139 Å². The van der Waals surface area contributed by atoms with Crippen molar-refractivity contribution in [2.45, 2.75) is 25.6 Å². The van der Waals surface area contributed by atoms with Gasteiger partial charge in [0.25, 0.3) is 5.56 Å². The number of aryl methyl sites for hydroxylation is 1. The molecule has 0 aliphatic carbocycles. The summed E-state index contributed by atoms with van der Waals surface area (Å²) in [6.45, 7) is 0.0952. The van der Waals surface area contributed by atoms with Crippen LogP contribution in [-0.4, -0.2) is 21.1 Å². The van der Waals surface area contributed by atoms with Gasteiger partial charge in [-0.2, -0.15) is 18.3 Å². The maximum absolute atomic E-state index is 12.4. The van der Waals surface area contributed by atoms with Crippen LogP contribution in [0.2, 0.25) is 0 Å². The van der Waals surface area contributed by atoms with Crippen LogP contribution in [0.5, 0.6) is 0 Å². The largest absolute Gasteiger partial charge is 0.416 e. The van der Waals surface area contributed by atoms with Gasteiger partial charge in [-0.25, -0.2) is 0 Å². The van der Waals surface area contributed by atoms with E-state index in [4.69, 9.17) is 12.2 Å². The molecule has 0 atom stereocenters. The van der Waals surface area contributed by atoms with E-state index in [2.05, 4.69) is 20.5 Å². The third kappa shape index (κ3) is 5.01. The molecule has 0 radical (unpaired) electrons. The number of amides is 1. The molecular formula is C14H13F3N4O2S. The number of nitrogens with zero attached hydrogens (tertiary/aromatic N) is 1. The first-order valence-electron chi connectivity index (χ1n) is 6.86. The van der Waals surface area contributed by atoms with Crippen molar-refractivity contribution in [2.24, 2.45) is 0 Å². The van der Waals surface area contributed by atoms with Crippen molar-refractivity contribution in [3.63, 3.8) is 0 Å². The first kappa shape index (κ1) is 17.9. The summed E-state index contributed by atoms with van der Waals surface area (Å²) in [6.07, 6.45) is -4.26. The van der Waals surface area contributed by atoms with Crippen molar-refractivity contribution < 1.29 is 18.0 Å². The molecule has 0 saturated heterocycles. The van der Waals surface area contributed by atoms with Gasteiger partial charge in [-0.1, -0.05) is 12.1 Å². The van der Waals surface area contributed by atoms with Crippen LogP contribution in [0.4, 0.5) is 13.2 Å². The fraction of sp³-hybridized carbons (Fsp3) is 0.286. The molecule has 2 aromatic rings. The van der Waals surface area contributed by atoms with Crippen molar-refractivity contribution in [2.75, 3.05) is 0 Å². The van der Waals surface area contributed by atoms with E-state index in [1.54, 1.807) is 0 Å². The lowest BCUT2D eigenvalue weighted by atomic mass is 10.1. The first-order chi connectivity index (χ1) is 11.3.